The summed E-state index contributed by atoms with van der Waals surface area (Å²) >= 11 is 0. The first-order valence-electron chi connectivity index (χ1n) is 9.10. The number of ether oxygens (including phenoxy) is 1. The number of aryl methyl sites for hydroxylation is 3. The van der Waals surface area contributed by atoms with E-state index < -0.39 is 28.0 Å². The lowest BCUT2D eigenvalue weighted by Gasteiger charge is -2.15. The smallest absolute Gasteiger partial charge is 0.339 e. The number of benzene rings is 1. The summed E-state index contributed by atoms with van der Waals surface area (Å²) in [6, 6.07) is 4.18. The van der Waals surface area contributed by atoms with Crippen molar-refractivity contribution in [3.63, 3.8) is 0 Å². The van der Waals surface area contributed by atoms with E-state index in [1.54, 1.807) is 32.5 Å². The number of carbonyl (C=O) groups is 2. The molecule has 0 bridgehead atoms. The second kappa shape index (κ2) is 8.75. The highest BCUT2D eigenvalue weighted by Crippen LogP contribution is 2.20. The number of anilines is 1. The standard InChI is InChI=1S/C19H26N4O5S/c1-7-20-29(26,27)15-9-8-11(2)16(10-15)19(25)28-14(5)18(24)21-17-12(3)22-23(6)13(17)4/h8-10,14,20H,7H2,1-6H3,(H,21,24). The molecule has 1 atom stereocenters. The number of nitrogens with zero attached hydrogens (tertiary/aromatic N) is 2. The van der Waals surface area contributed by atoms with Crippen LogP contribution in [0.1, 0.15) is 41.2 Å². The van der Waals surface area contributed by atoms with Gasteiger partial charge in [-0.2, -0.15) is 5.10 Å². The maximum Gasteiger partial charge on any atom is 0.339 e. The molecule has 29 heavy (non-hydrogen) atoms. The third-order valence-corrected chi connectivity index (χ3v) is 6.03. The Labute approximate surface area is 170 Å². The van der Waals surface area contributed by atoms with Crippen molar-refractivity contribution >= 4 is 27.6 Å². The van der Waals surface area contributed by atoms with Gasteiger partial charge in [-0.15, -0.1) is 0 Å². The molecule has 1 heterocycles. The molecular formula is C19H26N4O5S. The number of sulfonamides is 1. The van der Waals surface area contributed by atoms with E-state index in [1.807, 2.05) is 6.92 Å². The number of amides is 1. The lowest BCUT2D eigenvalue weighted by atomic mass is 10.1. The third kappa shape index (κ3) is 5.01. The number of hydrogen-bond donors (Lipinski definition) is 2. The largest absolute Gasteiger partial charge is 0.449 e. The molecule has 1 amide bonds. The molecular weight excluding hydrogens is 396 g/mol. The second-order valence-corrected chi connectivity index (χ2v) is 8.45. The Kier molecular flexibility index (Phi) is 6.81. The highest BCUT2D eigenvalue weighted by Gasteiger charge is 2.24. The Morgan fingerprint density at radius 3 is 2.45 bits per heavy atom. The first-order valence-corrected chi connectivity index (χ1v) is 10.6. The Morgan fingerprint density at radius 2 is 1.90 bits per heavy atom. The van der Waals surface area contributed by atoms with E-state index in [0.29, 0.717) is 16.9 Å². The minimum Gasteiger partial charge on any atom is -0.449 e. The number of rotatable bonds is 7. The van der Waals surface area contributed by atoms with Gasteiger partial charge in [0.25, 0.3) is 5.91 Å². The van der Waals surface area contributed by atoms with Crippen molar-refractivity contribution < 1.29 is 22.7 Å². The van der Waals surface area contributed by atoms with E-state index >= 15 is 0 Å². The average molecular weight is 423 g/mol. The van der Waals surface area contributed by atoms with Crippen LogP contribution in [-0.4, -0.2) is 42.7 Å². The molecule has 0 saturated heterocycles. The highest BCUT2D eigenvalue weighted by atomic mass is 32.2. The molecule has 0 saturated carbocycles. The van der Waals surface area contributed by atoms with Crippen LogP contribution in [0.3, 0.4) is 0 Å². The molecule has 10 heteroatoms. The number of nitrogens with one attached hydrogen (secondary N) is 2. The molecule has 1 aromatic carbocycles. The molecule has 1 aromatic heterocycles. The van der Waals surface area contributed by atoms with Crippen LogP contribution < -0.4 is 10.0 Å². The molecule has 0 aliphatic carbocycles. The fraction of sp³-hybridized carbons (Fsp3) is 0.421. The predicted molar refractivity (Wildman–Crippen MR) is 108 cm³/mol. The van der Waals surface area contributed by atoms with E-state index in [9.17, 15) is 18.0 Å². The minimum absolute atomic E-state index is 0.0457. The van der Waals surface area contributed by atoms with Crippen molar-refractivity contribution in [3.8, 4) is 0 Å². The van der Waals surface area contributed by atoms with Crippen LogP contribution >= 0.6 is 0 Å². The van der Waals surface area contributed by atoms with Gasteiger partial charge in [-0.3, -0.25) is 9.48 Å². The second-order valence-electron chi connectivity index (χ2n) is 6.68. The van der Waals surface area contributed by atoms with Gasteiger partial charge in [0.2, 0.25) is 10.0 Å². The lowest BCUT2D eigenvalue weighted by molar-refractivity contribution is -0.123. The Hall–Kier alpha value is -2.72. The first kappa shape index (κ1) is 22.6. The quantitative estimate of drug-likeness (QED) is 0.657. The van der Waals surface area contributed by atoms with Gasteiger partial charge in [0.1, 0.15) is 0 Å². The summed E-state index contributed by atoms with van der Waals surface area (Å²) in [6.07, 6.45) is -1.09. The molecule has 0 spiro atoms. The first-order chi connectivity index (χ1) is 13.5. The molecule has 0 aliphatic heterocycles. The zero-order valence-corrected chi connectivity index (χ0v) is 18.2. The number of hydrogen-bond acceptors (Lipinski definition) is 6. The van der Waals surface area contributed by atoms with Crippen LogP contribution in [-0.2, 0) is 26.6 Å². The molecule has 0 radical (unpaired) electrons. The van der Waals surface area contributed by atoms with Crippen LogP contribution in [0.25, 0.3) is 0 Å². The maximum absolute atomic E-state index is 12.6. The zero-order valence-electron chi connectivity index (χ0n) is 17.4. The summed E-state index contributed by atoms with van der Waals surface area (Å²) in [5.41, 5.74) is 2.60. The van der Waals surface area contributed by atoms with Gasteiger partial charge < -0.3 is 10.1 Å². The number of carbonyl (C=O) groups excluding carboxylic acids is 2. The zero-order chi connectivity index (χ0) is 21.9. The van der Waals surface area contributed by atoms with Crippen LogP contribution in [0.2, 0.25) is 0 Å². The van der Waals surface area contributed by atoms with E-state index in [2.05, 4.69) is 15.1 Å². The van der Waals surface area contributed by atoms with E-state index in [1.165, 1.54) is 25.1 Å². The third-order valence-electron chi connectivity index (χ3n) is 4.48. The summed E-state index contributed by atoms with van der Waals surface area (Å²) in [7, 11) is -1.96. The Balaban J connectivity index is 2.18. The van der Waals surface area contributed by atoms with Gasteiger partial charge in [0.15, 0.2) is 6.10 Å². The Morgan fingerprint density at radius 1 is 1.24 bits per heavy atom. The molecule has 2 N–H and O–H groups in total. The van der Waals surface area contributed by atoms with Crippen molar-refractivity contribution in [1.29, 1.82) is 0 Å². The van der Waals surface area contributed by atoms with Crippen molar-refractivity contribution in [1.82, 2.24) is 14.5 Å². The van der Waals surface area contributed by atoms with E-state index in [0.717, 1.165) is 5.69 Å². The molecule has 1 unspecified atom stereocenters. The predicted octanol–water partition coefficient (Wildman–Crippen LogP) is 1.83. The molecule has 2 aromatic rings. The molecule has 158 valence electrons. The summed E-state index contributed by atoms with van der Waals surface area (Å²) in [4.78, 5) is 25.0. The van der Waals surface area contributed by atoms with Crippen molar-refractivity contribution in [2.45, 2.75) is 45.6 Å². The van der Waals surface area contributed by atoms with E-state index in [4.69, 9.17) is 4.74 Å². The van der Waals surface area contributed by atoms with Crippen molar-refractivity contribution in [3.05, 3.63) is 40.7 Å². The SMILES string of the molecule is CCNS(=O)(=O)c1ccc(C)c(C(=O)OC(C)C(=O)Nc2c(C)nn(C)c2C)c1. The molecule has 9 nitrogen and oxygen atoms in total. The molecule has 0 fully saturated rings. The lowest BCUT2D eigenvalue weighted by Crippen LogP contribution is -2.30. The van der Waals surface area contributed by atoms with Crippen LogP contribution in [0.15, 0.2) is 23.1 Å². The van der Waals surface area contributed by atoms with Gasteiger partial charge >= 0.3 is 5.97 Å². The monoisotopic (exact) mass is 422 g/mol. The van der Waals surface area contributed by atoms with Crippen LogP contribution in [0.4, 0.5) is 5.69 Å². The van der Waals surface area contributed by atoms with Gasteiger partial charge in [0.05, 0.1) is 27.5 Å². The van der Waals surface area contributed by atoms with Gasteiger partial charge in [-0.1, -0.05) is 13.0 Å². The fourth-order valence-corrected chi connectivity index (χ4v) is 3.79. The normalized spacial score (nSPS) is 12.5. The fourth-order valence-electron chi connectivity index (χ4n) is 2.72. The summed E-state index contributed by atoms with van der Waals surface area (Å²) in [5.74, 6) is -1.29. The molecule has 2 rings (SSSR count). The average Bonchev–Trinajstić information content (AvgIpc) is 2.87. The van der Waals surface area contributed by atoms with Crippen molar-refractivity contribution in [2.24, 2.45) is 7.05 Å². The topological polar surface area (TPSA) is 119 Å². The number of aromatic nitrogens is 2. The summed E-state index contributed by atoms with van der Waals surface area (Å²) in [5, 5.41) is 6.94. The summed E-state index contributed by atoms with van der Waals surface area (Å²) < 4.78 is 33.6. The summed E-state index contributed by atoms with van der Waals surface area (Å²) in [6.45, 7) is 8.56. The van der Waals surface area contributed by atoms with Gasteiger partial charge in [0, 0.05) is 13.6 Å². The van der Waals surface area contributed by atoms with Gasteiger partial charge in [-0.25, -0.2) is 17.9 Å². The number of esters is 1. The highest BCUT2D eigenvalue weighted by molar-refractivity contribution is 7.89. The van der Waals surface area contributed by atoms with Crippen LogP contribution in [0, 0.1) is 20.8 Å². The minimum atomic E-state index is -3.72. The van der Waals surface area contributed by atoms with Gasteiger partial charge in [-0.05, 0) is 45.4 Å². The molecule has 0 aliphatic rings. The maximum atomic E-state index is 12.6. The van der Waals surface area contributed by atoms with Crippen molar-refractivity contribution in [2.75, 3.05) is 11.9 Å². The van der Waals surface area contributed by atoms with E-state index in [-0.39, 0.29) is 17.0 Å². The van der Waals surface area contributed by atoms with Crippen LogP contribution in [0.5, 0.6) is 0 Å². The Bertz CT molecular complexity index is 1040.